The maximum atomic E-state index is 10.2. The topological polar surface area (TPSA) is 105 Å². The Morgan fingerprint density at radius 3 is 2.25 bits per heavy atom. The number of benzene rings is 1. The van der Waals surface area contributed by atoms with Crippen molar-refractivity contribution >= 4 is 0 Å². The first-order chi connectivity index (χ1) is 7.59. The second-order valence-corrected chi connectivity index (χ2v) is 2.75. The molecule has 0 saturated carbocycles. The molecule has 1 aromatic carbocycles. The summed E-state index contributed by atoms with van der Waals surface area (Å²) in [7, 11) is 0. The first kappa shape index (κ1) is 11.7. The Labute approximate surface area is 89.6 Å². The van der Waals surface area contributed by atoms with Crippen molar-refractivity contribution in [3.05, 3.63) is 56.1 Å². The lowest BCUT2D eigenvalue weighted by Gasteiger charge is -2.13. The molecule has 1 aromatic rings. The molecule has 0 radical (unpaired) electrons. The zero-order valence-corrected chi connectivity index (χ0v) is 8.02. The minimum absolute atomic E-state index is 0.432. The Morgan fingerprint density at radius 1 is 1.12 bits per heavy atom. The van der Waals surface area contributed by atoms with Crippen molar-refractivity contribution in [3.8, 4) is 0 Å². The van der Waals surface area contributed by atoms with Gasteiger partial charge in [-0.15, -0.1) is 20.2 Å². The van der Waals surface area contributed by atoms with E-state index < -0.39 is 22.9 Å². The van der Waals surface area contributed by atoms with E-state index in [2.05, 4.69) is 9.68 Å². The van der Waals surface area contributed by atoms with E-state index in [1.165, 1.54) is 0 Å². The third kappa shape index (κ3) is 3.78. The average molecular weight is 228 g/mol. The lowest BCUT2D eigenvalue weighted by atomic mass is 10.1. The summed E-state index contributed by atoms with van der Waals surface area (Å²) < 4.78 is 0. The van der Waals surface area contributed by atoms with E-state index >= 15 is 0 Å². The number of hydrogen-bond donors (Lipinski definition) is 0. The van der Waals surface area contributed by atoms with Crippen molar-refractivity contribution in [1.82, 2.24) is 0 Å². The van der Waals surface area contributed by atoms with Crippen molar-refractivity contribution in [1.29, 1.82) is 0 Å². The van der Waals surface area contributed by atoms with Crippen LogP contribution in [-0.2, 0) is 9.68 Å². The van der Waals surface area contributed by atoms with Gasteiger partial charge < -0.3 is 9.68 Å². The average Bonchev–Trinajstić information content (AvgIpc) is 2.25. The fraction of sp³-hybridized carbons (Fsp3) is 0.250. The van der Waals surface area contributed by atoms with E-state index in [0.29, 0.717) is 5.56 Å². The van der Waals surface area contributed by atoms with Crippen molar-refractivity contribution in [2.24, 2.45) is 0 Å². The maximum Gasteiger partial charge on any atom is 0.295 e. The van der Waals surface area contributed by atoms with Crippen LogP contribution in [0.2, 0.25) is 0 Å². The molecule has 86 valence electrons. The summed E-state index contributed by atoms with van der Waals surface area (Å²) in [4.78, 5) is 28.5. The second kappa shape index (κ2) is 5.49. The highest BCUT2D eigenvalue weighted by molar-refractivity contribution is 5.17. The van der Waals surface area contributed by atoms with E-state index in [4.69, 9.17) is 0 Å². The van der Waals surface area contributed by atoms with Gasteiger partial charge in [-0.3, -0.25) is 0 Å². The number of hydrogen-bond acceptors (Lipinski definition) is 6. The lowest BCUT2D eigenvalue weighted by Crippen LogP contribution is -2.17. The Kier molecular flexibility index (Phi) is 4.01. The first-order valence-corrected chi connectivity index (χ1v) is 4.23. The van der Waals surface area contributed by atoms with E-state index in [-0.39, 0.29) is 0 Å². The van der Waals surface area contributed by atoms with Crippen LogP contribution in [-0.4, -0.2) is 16.8 Å². The zero-order valence-electron chi connectivity index (χ0n) is 8.02. The molecule has 0 heterocycles. The van der Waals surface area contributed by atoms with Crippen LogP contribution in [0.25, 0.3) is 0 Å². The maximum absolute atomic E-state index is 10.2. The summed E-state index contributed by atoms with van der Waals surface area (Å²) in [6.07, 6.45) is -1.11. The molecule has 0 N–H and O–H groups in total. The standard InChI is InChI=1S/C8H8N2O6/c11-9(12)15-6-8(16-10(13)14)7-4-2-1-3-5-7/h1-5,8H,6H2. The molecule has 0 saturated heterocycles. The molecule has 0 amide bonds. The van der Waals surface area contributed by atoms with E-state index in [1.807, 2.05) is 0 Å². The molecule has 1 rings (SSSR count). The first-order valence-electron chi connectivity index (χ1n) is 4.23. The van der Waals surface area contributed by atoms with Crippen LogP contribution in [0, 0.1) is 20.2 Å². The fourth-order valence-electron chi connectivity index (χ4n) is 1.09. The van der Waals surface area contributed by atoms with Gasteiger partial charge >= 0.3 is 0 Å². The zero-order chi connectivity index (χ0) is 12.0. The fourth-order valence-corrected chi connectivity index (χ4v) is 1.09. The van der Waals surface area contributed by atoms with Gasteiger partial charge in [0.05, 0.1) is 0 Å². The van der Waals surface area contributed by atoms with Crippen molar-refractivity contribution in [2.45, 2.75) is 6.10 Å². The third-order valence-electron chi connectivity index (χ3n) is 1.72. The third-order valence-corrected chi connectivity index (χ3v) is 1.72. The minimum atomic E-state index is -1.11. The summed E-state index contributed by atoms with van der Waals surface area (Å²) in [5, 5.41) is 18.1. The lowest BCUT2D eigenvalue weighted by molar-refractivity contribution is -0.792. The highest BCUT2D eigenvalue weighted by atomic mass is 17.0. The van der Waals surface area contributed by atoms with Crippen molar-refractivity contribution in [3.63, 3.8) is 0 Å². The van der Waals surface area contributed by atoms with Crippen LogP contribution in [0.4, 0.5) is 0 Å². The van der Waals surface area contributed by atoms with Gasteiger partial charge in [-0.05, 0) is 5.56 Å². The predicted octanol–water partition coefficient (Wildman–Crippen LogP) is 1.14. The summed E-state index contributed by atoms with van der Waals surface area (Å²) >= 11 is 0. The smallest absolute Gasteiger partial charge is 0.295 e. The quantitative estimate of drug-likeness (QED) is 0.534. The van der Waals surface area contributed by atoms with Crippen molar-refractivity contribution in [2.75, 3.05) is 6.61 Å². The van der Waals surface area contributed by atoms with Gasteiger partial charge in [0, 0.05) is 0 Å². The molecule has 0 aromatic heterocycles. The molecule has 8 heteroatoms. The highest BCUT2D eigenvalue weighted by Crippen LogP contribution is 2.17. The molecule has 0 aliphatic rings. The molecule has 16 heavy (non-hydrogen) atoms. The number of rotatable bonds is 6. The summed E-state index contributed by atoms with van der Waals surface area (Å²) in [5.74, 6) is 0. The summed E-state index contributed by atoms with van der Waals surface area (Å²) in [6, 6.07) is 8.09. The van der Waals surface area contributed by atoms with E-state index in [1.54, 1.807) is 30.3 Å². The monoisotopic (exact) mass is 228 g/mol. The Morgan fingerprint density at radius 2 is 1.75 bits per heavy atom. The molecule has 1 unspecified atom stereocenters. The van der Waals surface area contributed by atoms with Gasteiger partial charge in [0.15, 0.2) is 6.10 Å². The molecule has 0 aliphatic heterocycles. The van der Waals surface area contributed by atoms with Crippen LogP contribution in [0.3, 0.4) is 0 Å². The number of nitrogens with zero attached hydrogens (tertiary/aromatic N) is 2. The largest absolute Gasteiger partial charge is 0.311 e. The predicted molar refractivity (Wildman–Crippen MR) is 50.2 cm³/mol. The molecular weight excluding hydrogens is 220 g/mol. The summed E-state index contributed by atoms with van der Waals surface area (Å²) in [6.45, 7) is -0.530. The van der Waals surface area contributed by atoms with Crippen molar-refractivity contribution < 1.29 is 19.8 Å². The van der Waals surface area contributed by atoms with E-state index in [9.17, 15) is 20.2 Å². The Hall–Kier alpha value is -2.38. The van der Waals surface area contributed by atoms with Crippen LogP contribution in [0.5, 0.6) is 0 Å². The van der Waals surface area contributed by atoms with Gasteiger partial charge in [0.1, 0.15) is 6.61 Å². The van der Waals surface area contributed by atoms with Gasteiger partial charge in [0.2, 0.25) is 0 Å². The molecule has 8 nitrogen and oxygen atoms in total. The van der Waals surface area contributed by atoms with E-state index in [0.717, 1.165) is 0 Å². The molecule has 0 spiro atoms. The van der Waals surface area contributed by atoms with Crippen LogP contribution < -0.4 is 0 Å². The van der Waals surface area contributed by atoms with Crippen LogP contribution in [0.15, 0.2) is 30.3 Å². The normalized spacial score (nSPS) is 11.5. The van der Waals surface area contributed by atoms with Crippen LogP contribution in [0.1, 0.15) is 11.7 Å². The molecule has 0 fully saturated rings. The summed E-state index contributed by atoms with van der Waals surface area (Å²) in [5.41, 5.74) is 0.432. The van der Waals surface area contributed by atoms with Gasteiger partial charge in [-0.1, -0.05) is 30.3 Å². The molecule has 0 aliphatic carbocycles. The van der Waals surface area contributed by atoms with Gasteiger partial charge in [-0.2, -0.15) is 0 Å². The molecule has 1 atom stereocenters. The molecular formula is C8H8N2O6. The molecule has 0 bridgehead atoms. The minimum Gasteiger partial charge on any atom is -0.311 e. The second-order valence-electron chi connectivity index (χ2n) is 2.75. The van der Waals surface area contributed by atoms with Crippen LogP contribution >= 0.6 is 0 Å². The van der Waals surface area contributed by atoms with Gasteiger partial charge in [0.25, 0.3) is 10.2 Å². The Balaban J connectivity index is 2.71. The SMILES string of the molecule is O=[N+]([O-])OCC(O[N+](=O)[O-])c1ccccc1. The van der Waals surface area contributed by atoms with Gasteiger partial charge in [-0.25, -0.2) is 0 Å². The Bertz CT molecular complexity index is 368. The highest BCUT2D eigenvalue weighted by Gasteiger charge is 2.17.